The average molecular weight is 447 g/mol. The molecule has 4 rings (SSSR count). The Hall–Kier alpha value is -3.94. The van der Waals surface area contributed by atoms with Gasteiger partial charge in [-0.15, -0.1) is 0 Å². The van der Waals surface area contributed by atoms with Crippen molar-refractivity contribution < 1.29 is 19.1 Å². The standard InChI is InChI=1S/C25H26N4O4/c1-32-20-10-9-18(15-21(20)33-16-19-7-2-4-12-27-19)23(30)29-14-6-11-25(17-29,24(26)31)22-8-3-5-13-28-22/h2-5,7-10,12-13,15H,6,11,14,16-17H2,1H3,(H2,26,31). The van der Waals surface area contributed by atoms with Crippen LogP contribution >= 0.6 is 0 Å². The minimum absolute atomic E-state index is 0.175. The van der Waals surface area contributed by atoms with Crippen LogP contribution in [0.1, 0.15) is 34.6 Å². The second-order valence-corrected chi connectivity index (χ2v) is 7.97. The fourth-order valence-corrected chi connectivity index (χ4v) is 4.15. The van der Waals surface area contributed by atoms with E-state index in [1.807, 2.05) is 24.3 Å². The van der Waals surface area contributed by atoms with E-state index < -0.39 is 11.3 Å². The lowest BCUT2D eigenvalue weighted by Gasteiger charge is -2.40. The van der Waals surface area contributed by atoms with Crippen molar-refractivity contribution in [3.8, 4) is 11.5 Å². The second-order valence-electron chi connectivity index (χ2n) is 7.97. The minimum Gasteiger partial charge on any atom is -0.493 e. The molecule has 0 radical (unpaired) electrons. The Morgan fingerprint density at radius 1 is 1.06 bits per heavy atom. The second kappa shape index (κ2) is 9.68. The summed E-state index contributed by atoms with van der Waals surface area (Å²) in [5.74, 6) is 0.271. The first-order valence-electron chi connectivity index (χ1n) is 10.7. The number of methoxy groups -OCH3 is 1. The molecule has 3 aromatic rings. The van der Waals surface area contributed by atoms with E-state index in [0.717, 1.165) is 5.69 Å². The van der Waals surface area contributed by atoms with Crippen LogP contribution in [0, 0.1) is 0 Å². The van der Waals surface area contributed by atoms with Crippen LogP contribution in [-0.2, 0) is 16.8 Å². The van der Waals surface area contributed by atoms with Gasteiger partial charge in [0.1, 0.15) is 12.0 Å². The predicted molar refractivity (Wildman–Crippen MR) is 122 cm³/mol. The van der Waals surface area contributed by atoms with Gasteiger partial charge in [-0.05, 0) is 55.3 Å². The quantitative estimate of drug-likeness (QED) is 0.598. The molecule has 1 aliphatic rings. The van der Waals surface area contributed by atoms with Crippen LogP contribution in [-0.4, -0.2) is 46.9 Å². The molecule has 0 saturated carbocycles. The summed E-state index contributed by atoms with van der Waals surface area (Å²) in [6, 6.07) is 16.0. The molecule has 1 atom stereocenters. The lowest BCUT2D eigenvalue weighted by Crippen LogP contribution is -2.55. The van der Waals surface area contributed by atoms with Crippen molar-refractivity contribution in [3.05, 3.63) is 83.9 Å². The third-order valence-corrected chi connectivity index (χ3v) is 5.92. The van der Waals surface area contributed by atoms with Gasteiger partial charge in [0.15, 0.2) is 11.5 Å². The number of hydrogen-bond donors (Lipinski definition) is 1. The number of likely N-dealkylation sites (tertiary alicyclic amines) is 1. The smallest absolute Gasteiger partial charge is 0.254 e. The molecule has 33 heavy (non-hydrogen) atoms. The topological polar surface area (TPSA) is 108 Å². The van der Waals surface area contributed by atoms with E-state index in [0.29, 0.717) is 42.1 Å². The van der Waals surface area contributed by atoms with Gasteiger partial charge in [-0.1, -0.05) is 12.1 Å². The molecular formula is C25H26N4O4. The number of hydrogen-bond acceptors (Lipinski definition) is 6. The van der Waals surface area contributed by atoms with Crippen LogP contribution in [0.2, 0.25) is 0 Å². The van der Waals surface area contributed by atoms with Gasteiger partial charge in [-0.25, -0.2) is 0 Å². The van der Waals surface area contributed by atoms with E-state index in [4.69, 9.17) is 15.2 Å². The zero-order chi connectivity index (χ0) is 23.3. The van der Waals surface area contributed by atoms with E-state index >= 15 is 0 Å². The normalized spacial score (nSPS) is 17.9. The largest absolute Gasteiger partial charge is 0.493 e. The molecule has 2 aromatic heterocycles. The maximum absolute atomic E-state index is 13.4. The molecule has 2 amide bonds. The van der Waals surface area contributed by atoms with E-state index in [1.54, 1.807) is 54.7 Å². The molecule has 1 aromatic carbocycles. The third-order valence-electron chi connectivity index (χ3n) is 5.92. The summed E-state index contributed by atoms with van der Waals surface area (Å²) in [4.78, 5) is 36.2. The number of primary amides is 1. The van der Waals surface area contributed by atoms with Gasteiger partial charge in [-0.2, -0.15) is 0 Å². The number of rotatable bonds is 7. The zero-order valence-corrected chi connectivity index (χ0v) is 18.4. The molecule has 0 spiro atoms. The predicted octanol–water partition coefficient (Wildman–Crippen LogP) is 2.72. The molecule has 3 heterocycles. The molecule has 0 aliphatic carbocycles. The number of nitrogens with zero attached hydrogens (tertiary/aromatic N) is 3. The number of carbonyl (C=O) groups is 2. The maximum atomic E-state index is 13.4. The number of nitrogens with two attached hydrogens (primary N) is 1. The van der Waals surface area contributed by atoms with E-state index in [-0.39, 0.29) is 19.1 Å². The van der Waals surface area contributed by atoms with Crippen molar-refractivity contribution in [1.82, 2.24) is 14.9 Å². The van der Waals surface area contributed by atoms with Crippen LogP contribution in [0.3, 0.4) is 0 Å². The molecule has 0 bridgehead atoms. The fraction of sp³-hybridized carbons (Fsp3) is 0.280. The summed E-state index contributed by atoms with van der Waals surface area (Å²) in [6.45, 7) is 0.939. The van der Waals surface area contributed by atoms with Gasteiger partial charge in [0, 0.05) is 31.0 Å². The van der Waals surface area contributed by atoms with Crippen LogP contribution in [0.25, 0.3) is 0 Å². The van der Waals surface area contributed by atoms with Crippen LogP contribution < -0.4 is 15.2 Å². The van der Waals surface area contributed by atoms with Gasteiger partial charge in [0.05, 0.1) is 18.5 Å². The summed E-state index contributed by atoms with van der Waals surface area (Å²) in [6.07, 6.45) is 4.52. The molecule has 1 saturated heterocycles. The third kappa shape index (κ3) is 4.64. The zero-order valence-electron chi connectivity index (χ0n) is 18.4. The number of pyridine rings is 2. The lowest BCUT2D eigenvalue weighted by atomic mass is 9.76. The van der Waals surface area contributed by atoms with E-state index in [2.05, 4.69) is 9.97 Å². The van der Waals surface area contributed by atoms with Gasteiger partial charge < -0.3 is 20.1 Å². The van der Waals surface area contributed by atoms with Crippen molar-refractivity contribution in [1.29, 1.82) is 0 Å². The molecule has 1 fully saturated rings. The molecule has 1 unspecified atom stereocenters. The Morgan fingerprint density at radius 3 is 2.52 bits per heavy atom. The maximum Gasteiger partial charge on any atom is 0.254 e. The highest BCUT2D eigenvalue weighted by Crippen LogP contribution is 2.34. The summed E-state index contributed by atoms with van der Waals surface area (Å²) >= 11 is 0. The van der Waals surface area contributed by atoms with Crippen LogP contribution in [0.4, 0.5) is 0 Å². The molecule has 170 valence electrons. The van der Waals surface area contributed by atoms with Crippen LogP contribution in [0.5, 0.6) is 11.5 Å². The van der Waals surface area contributed by atoms with E-state index in [1.165, 1.54) is 0 Å². The first-order chi connectivity index (χ1) is 16.0. The summed E-state index contributed by atoms with van der Waals surface area (Å²) in [5, 5.41) is 0. The molecule has 8 nitrogen and oxygen atoms in total. The fourth-order valence-electron chi connectivity index (χ4n) is 4.15. The highest BCUT2D eigenvalue weighted by molar-refractivity contribution is 5.96. The molecule has 1 aliphatic heterocycles. The highest BCUT2D eigenvalue weighted by Gasteiger charge is 2.45. The van der Waals surface area contributed by atoms with Crippen molar-refractivity contribution >= 4 is 11.8 Å². The number of carbonyl (C=O) groups excluding carboxylic acids is 2. The number of aromatic nitrogens is 2. The van der Waals surface area contributed by atoms with Gasteiger partial charge in [0.25, 0.3) is 5.91 Å². The summed E-state index contributed by atoms with van der Waals surface area (Å²) in [7, 11) is 1.54. The summed E-state index contributed by atoms with van der Waals surface area (Å²) < 4.78 is 11.3. The van der Waals surface area contributed by atoms with Gasteiger partial charge >= 0.3 is 0 Å². The van der Waals surface area contributed by atoms with Crippen molar-refractivity contribution in [2.75, 3.05) is 20.2 Å². The Labute approximate surface area is 192 Å². The average Bonchev–Trinajstić information content (AvgIpc) is 2.88. The SMILES string of the molecule is COc1ccc(C(=O)N2CCCC(C(N)=O)(c3ccccn3)C2)cc1OCc1ccccn1. The van der Waals surface area contributed by atoms with Crippen LogP contribution in [0.15, 0.2) is 67.0 Å². The van der Waals surface area contributed by atoms with Crippen molar-refractivity contribution in [2.24, 2.45) is 5.73 Å². The Morgan fingerprint density at radius 2 is 1.85 bits per heavy atom. The number of ether oxygens (including phenoxy) is 2. The van der Waals surface area contributed by atoms with Crippen molar-refractivity contribution in [2.45, 2.75) is 24.9 Å². The van der Waals surface area contributed by atoms with E-state index in [9.17, 15) is 9.59 Å². The lowest BCUT2D eigenvalue weighted by molar-refractivity contribution is -0.125. The minimum atomic E-state index is -1.01. The van der Waals surface area contributed by atoms with Crippen molar-refractivity contribution in [3.63, 3.8) is 0 Å². The highest BCUT2D eigenvalue weighted by atomic mass is 16.5. The Kier molecular flexibility index (Phi) is 6.53. The molecule has 8 heteroatoms. The van der Waals surface area contributed by atoms with Gasteiger partial charge in [0.2, 0.25) is 5.91 Å². The summed E-state index contributed by atoms with van der Waals surface area (Å²) in [5.41, 5.74) is 6.60. The Balaban J connectivity index is 1.57. The number of amides is 2. The first kappa shape index (κ1) is 22.3. The molecule has 2 N–H and O–H groups in total. The Bertz CT molecular complexity index is 1120. The first-order valence-corrected chi connectivity index (χ1v) is 10.7. The van der Waals surface area contributed by atoms with Gasteiger partial charge in [-0.3, -0.25) is 19.6 Å². The molecular weight excluding hydrogens is 420 g/mol. The number of benzene rings is 1. The number of piperidine rings is 1. The monoisotopic (exact) mass is 446 g/mol.